The fraction of sp³-hybridized carbons (Fsp3) is 0.267. The van der Waals surface area contributed by atoms with Crippen LogP contribution >= 0.6 is 0 Å². The highest BCUT2D eigenvalue weighted by molar-refractivity contribution is 5.97. The highest BCUT2D eigenvalue weighted by Crippen LogP contribution is 2.24. The molecule has 1 amide bonds. The molecule has 0 radical (unpaired) electrons. The van der Waals surface area contributed by atoms with Crippen molar-refractivity contribution in [3.8, 4) is 12.3 Å². The smallest absolute Gasteiger partial charge is 0.251 e. The van der Waals surface area contributed by atoms with Crippen molar-refractivity contribution in [2.24, 2.45) is 4.99 Å². The van der Waals surface area contributed by atoms with Crippen molar-refractivity contribution in [1.29, 1.82) is 0 Å². The van der Waals surface area contributed by atoms with E-state index in [-0.39, 0.29) is 24.1 Å². The van der Waals surface area contributed by atoms with Gasteiger partial charge in [0.05, 0.1) is 42.1 Å². The van der Waals surface area contributed by atoms with E-state index in [0.717, 1.165) is 24.1 Å². The van der Waals surface area contributed by atoms with Crippen LogP contribution in [0.5, 0.6) is 0 Å². The van der Waals surface area contributed by atoms with E-state index in [9.17, 15) is 9.90 Å². The normalized spacial score (nSPS) is 14.9. The molecule has 1 aliphatic heterocycles. The molecule has 0 saturated heterocycles. The van der Waals surface area contributed by atoms with E-state index in [1.54, 1.807) is 49.9 Å². The third-order valence-electron chi connectivity index (χ3n) is 6.36. The molecule has 3 heterocycles. The van der Waals surface area contributed by atoms with Crippen LogP contribution in [0, 0.1) is 12.3 Å². The van der Waals surface area contributed by atoms with Gasteiger partial charge in [0.2, 0.25) is 5.88 Å². The quantitative estimate of drug-likeness (QED) is 0.207. The van der Waals surface area contributed by atoms with E-state index < -0.39 is 0 Å². The first-order valence-electron chi connectivity index (χ1n) is 12.6. The zero-order valence-electron chi connectivity index (χ0n) is 22.3. The number of pyridine rings is 1. The maximum Gasteiger partial charge on any atom is 0.251 e. The Bertz CT molecular complexity index is 1490. The van der Waals surface area contributed by atoms with Crippen LogP contribution < -0.4 is 5.32 Å². The second-order valence-electron chi connectivity index (χ2n) is 9.26. The van der Waals surface area contributed by atoms with Crippen LogP contribution in [-0.4, -0.2) is 64.8 Å². The van der Waals surface area contributed by atoms with Crippen molar-refractivity contribution in [2.75, 3.05) is 27.7 Å². The van der Waals surface area contributed by atoms with E-state index >= 15 is 0 Å². The minimum atomic E-state index is -0.192. The van der Waals surface area contributed by atoms with E-state index in [2.05, 4.69) is 31.2 Å². The Balaban J connectivity index is 1.44. The van der Waals surface area contributed by atoms with Gasteiger partial charge in [-0.15, -0.1) is 6.42 Å². The van der Waals surface area contributed by atoms with Gasteiger partial charge in [-0.1, -0.05) is 12.0 Å². The predicted octanol–water partition coefficient (Wildman–Crippen LogP) is 4.26. The summed E-state index contributed by atoms with van der Waals surface area (Å²) in [6, 6.07) is 11.0. The van der Waals surface area contributed by atoms with Crippen molar-refractivity contribution < 1.29 is 14.6 Å². The number of likely N-dealkylation sites (N-methyl/N-ethyl adjacent to an activating group) is 1. The number of aliphatic imine (C=N–C) groups is 1. The number of aliphatic hydroxyl groups is 1. The summed E-state index contributed by atoms with van der Waals surface area (Å²) in [5.41, 5.74) is 4.23. The SMILES string of the molecule is C#C/C(=C\C=C(\O)Cc1nc2ccc(C(=O)NCC(c3ccccn3)N(C)C)cc2[nH]1)C1=C(OC)N=CCC1. The number of hydrogen-bond donors (Lipinski definition) is 3. The van der Waals surface area contributed by atoms with Crippen molar-refractivity contribution >= 4 is 23.2 Å². The van der Waals surface area contributed by atoms with E-state index in [4.69, 9.17) is 11.2 Å². The standard InChI is InChI=1S/C30H32N6O3/c1-5-20(23-9-8-16-32-30(23)39-4)11-13-22(37)18-28-34-24-14-12-21(17-26(24)35-28)29(38)33-19-27(36(2)3)25-10-6-7-15-31-25/h1,6-7,10-17,27,37H,8-9,18-19H2,2-4H3,(H,33,38)(H,34,35)/b20-11+,22-13+. The van der Waals surface area contributed by atoms with Gasteiger partial charge in [0.1, 0.15) is 5.82 Å². The maximum atomic E-state index is 12.9. The summed E-state index contributed by atoms with van der Waals surface area (Å²) in [4.78, 5) is 31.3. The van der Waals surface area contributed by atoms with Crippen LogP contribution in [0.15, 0.2) is 82.5 Å². The maximum absolute atomic E-state index is 12.9. The number of carbonyl (C=O) groups excluding carboxylic acids is 1. The number of ether oxygens (including phenoxy) is 1. The third-order valence-corrected chi connectivity index (χ3v) is 6.36. The summed E-state index contributed by atoms with van der Waals surface area (Å²) >= 11 is 0. The molecule has 0 bridgehead atoms. The molecule has 1 atom stereocenters. The Morgan fingerprint density at radius 3 is 2.87 bits per heavy atom. The first-order valence-corrected chi connectivity index (χ1v) is 12.6. The number of methoxy groups -OCH3 is 1. The molecule has 0 spiro atoms. The summed E-state index contributed by atoms with van der Waals surface area (Å²) in [6.07, 6.45) is 14.2. The number of imidazole rings is 1. The molecule has 1 unspecified atom stereocenters. The zero-order chi connectivity index (χ0) is 27.8. The summed E-state index contributed by atoms with van der Waals surface area (Å²) in [5.74, 6) is 3.60. The summed E-state index contributed by atoms with van der Waals surface area (Å²) in [5, 5.41) is 13.5. The van der Waals surface area contributed by atoms with Crippen LogP contribution in [0.2, 0.25) is 0 Å². The molecule has 39 heavy (non-hydrogen) atoms. The molecule has 0 saturated carbocycles. The fourth-order valence-corrected chi connectivity index (χ4v) is 4.32. The van der Waals surface area contributed by atoms with E-state index in [1.165, 1.54) is 0 Å². The zero-order valence-corrected chi connectivity index (χ0v) is 22.3. The molecular formula is C30H32N6O3. The van der Waals surface area contributed by atoms with E-state index in [0.29, 0.717) is 40.4 Å². The minimum absolute atomic E-state index is 0.0559. The lowest BCUT2D eigenvalue weighted by atomic mass is 10.00. The van der Waals surface area contributed by atoms with Crippen LogP contribution in [-0.2, 0) is 11.2 Å². The molecule has 9 heteroatoms. The number of terminal acetylenes is 1. The Morgan fingerprint density at radius 2 is 2.15 bits per heavy atom. The molecule has 9 nitrogen and oxygen atoms in total. The van der Waals surface area contributed by atoms with Gasteiger partial charge >= 0.3 is 0 Å². The molecule has 3 aromatic rings. The molecule has 3 N–H and O–H groups in total. The van der Waals surface area contributed by atoms with Gasteiger partial charge in [-0.2, -0.15) is 0 Å². The second kappa shape index (κ2) is 12.7. The largest absolute Gasteiger partial charge is 0.512 e. The second-order valence-corrected chi connectivity index (χ2v) is 9.26. The minimum Gasteiger partial charge on any atom is -0.512 e. The van der Waals surface area contributed by atoms with Crippen LogP contribution in [0.25, 0.3) is 11.0 Å². The van der Waals surface area contributed by atoms with Gasteiger partial charge in [0, 0.05) is 35.7 Å². The average Bonchev–Trinajstić information content (AvgIpc) is 3.35. The first kappa shape index (κ1) is 27.4. The van der Waals surface area contributed by atoms with Gasteiger partial charge in [-0.3, -0.25) is 14.7 Å². The van der Waals surface area contributed by atoms with Crippen molar-refractivity contribution in [3.63, 3.8) is 0 Å². The monoisotopic (exact) mass is 524 g/mol. The number of fused-ring (bicyclic) bond motifs is 1. The highest BCUT2D eigenvalue weighted by Gasteiger charge is 2.18. The van der Waals surface area contributed by atoms with Gasteiger partial charge in [0.15, 0.2) is 0 Å². The van der Waals surface area contributed by atoms with Crippen molar-refractivity contribution in [2.45, 2.75) is 25.3 Å². The van der Waals surface area contributed by atoms with Gasteiger partial charge in [-0.25, -0.2) is 9.98 Å². The molecule has 4 rings (SSSR count). The number of aliphatic hydroxyl groups excluding tert-OH is 1. The Labute approximate surface area is 228 Å². The number of hydrogen-bond acceptors (Lipinski definition) is 7. The number of nitrogens with zero attached hydrogens (tertiary/aromatic N) is 4. The summed E-state index contributed by atoms with van der Waals surface area (Å²) < 4.78 is 5.32. The summed E-state index contributed by atoms with van der Waals surface area (Å²) in [6.45, 7) is 0.413. The van der Waals surface area contributed by atoms with Crippen molar-refractivity contribution in [1.82, 2.24) is 25.2 Å². The van der Waals surface area contributed by atoms with Gasteiger partial charge in [-0.05, 0) is 69.4 Å². The number of H-pyrrole nitrogens is 1. The Hall–Kier alpha value is -4.68. The number of allylic oxidation sites excluding steroid dienone is 5. The van der Waals surface area contributed by atoms with E-state index in [1.807, 2.05) is 37.2 Å². The molecule has 0 aliphatic carbocycles. The van der Waals surface area contributed by atoms with Gasteiger partial charge < -0.3 is 20.1 Å². The molecule has 2 aromatic heterocycles. The number of carbonyl (C=O) groups is 1. The molecule has 1 aliphatic rings. The fourth-order valence-electron chi connectivity index (χ4n) is 4.32. The lowest BCUT2D eigenvalue weighted by Gasteiger charge is -2.24. The number of aromatic amines is 1. The Kier molecular flexibility index (Phi) is 8.92. The Morgan fingerprint density at radius 1 is 1.31 bits per heavy atom. The number of aromatic nitrogens is 3. The molecular weight excluding hydrogens is 492 g/mol. The van der Waals surface area contributed by atoms with Gasteiger partial charge in [0.25, 0.3) is 5.91 Å². The van der Waals surface area contributed by atoms with Crippen LogP contribution in [0.3, 0.4) is 0 Å². The molecule has 200 valence electrons. The lowest BCUT2D eigenvalue weighted by Crippen LogP contribution is -2.35. The van der Waals surface area contributed by atoms with Crippen LogP contribution in [0.1, 0.15) is 40.8 Å². The lowest BCUT2D eigenvalue weighted by molar-refractivity contribution is 0.0941. The first-order chi connectivity index (χ1) is 18.9. The third kappa shape index (κ3) is 6.80. The molecule has 0 fully saturated rings. The predicted molar refractivity (Wildman–Crippen MR) is 152 cm³/mol. The number of amides is 1. The number of benzene rings is 1. The average molecular weight is 525 g/mol. The molecule has 1 aromatic carbocycles. The topological polar surface area (TPSA) is 116 Å². The van der Waals surface area contributed by atoms with Crippen LogP contribution in [0.4, 0.5) is 0 Å². The number of nitrogens with one attached hydrogen (secondary N) is 2. The number of rotatable bonds is 10. The summed E-state index contributed by atoms with van der Waals surface area (Å²) in [7, 11) is 5.46. The highest BCUT2D eigenvalue weighted by atomic mass is 16.5. The van der Waals surface area contributed by atoms with Crippen molar-refractivity contribution in [3.05, 3.63) is 94.6 Å².